The SMILES string of the molecule is CCCOc1cccnc1OCC. The van der Waals surface area contributed by atoms with Gasteiger partial charge in [-0.15, -0.1) is 0 Å². The zero-order chi connectivity index (χ0) is 9.52. The van der Waals surface area contributed by atoms with Gasteiger partial charge in [0.05, 0.1) is 13.2 Å². The van der Waals surface area contributed by atoms with Crippen LogP contribution in [-0.2, 0) is 0 Å². The van der Waals surface area contributed by atoms with Gasteiger partial charge in [0, 0.05) is 6.20 Å². The second kappa shape index (κ2) is 5.41. The Balaban J connectivity index is 2.66. The molecule has 0 unspecified atom stereocenters. The van der Waals surface area contributed by atoms with Gasteiger partial charge in [0.25, 0.3) is 5.88 Å². The molecule has 0 aliphatic rings. The van der Waals surface area contributed by atoms with Gasteiger partial charge in [0.15, 0.2) is 5.75 Å². The van der Waals surface area contributed by atoms with E-state index in [1.807, 2.05) is 19.1 Å². The molecule has 3 heteroatoms. The topological polar surface area (TPSA) is 31.4 Å². The number of ether oxygens (including phenoxy) is 2. The average molecular weight is 181 g/mol. The van der Waals surface area contributed by atoms with E-state index in [1.165, 1.54) is 0 Å². The van der Waals surface area contributed by atoms with E-state index in [9.17, 15) is 0 Å². The zero-order valence-corrected chi connectivity index (χ0v) is 8.12. The Hall–Kier alpha value is -1.25. The quantitative estimate of drug-likeness (QED) is 0.698. The van der Waals surface area contributed by atoms with E-state index >= 15 is 0 Å². The molecule has 1 aromatic rings. The highest BCUT2D eigenvalue weighted by Crippen LogP contribution is 2.23. The summed E-state index contributed by atoms with van der Waals surface area (Å²) in [6.07, 6.45) is 2.68. The maximum Gasteiger partial charge on any atom is 0.256 e. The molecule has 0 saturated heterocycles. The standard InChI is InChI=1S/C10H15NO2/c1-3-8-13-9-6-5-7-11-10(9)12-4-2/h5-7H,3-4,8H2,1-2H3. The minimum atomic E-state index is 0.582. The highest BCUT2D eigenvalue weighted by molar-refractivity contribution is 5.32. The van der Waals surface area contributed by atoms with Gasteiger partial charge in [0.2, 0.25) is 0 Å². The van der Waals surface area contributed by atoms with Crippen molar-refractivity contribution in [2.45, 2.75) is 20.3 Å². The molecular formula is C10H15NO2. The Kier molecular flexibility index (Phi) is 4.09. The van der Waals surface area contributed by atoms with Crippen LogP contribution in [-0.4, -0.2) is 18.2 Å². The second-order valence-corrected chi connectivity index (χ2v) is 2.59. The Morgan fingerprint density at radius 1 is 1.31 bits per heavy atom. The van der Waals surface area contributed by atoms with Crippen LogP contribution in [0.3, 0.4) is 0 Å². The fraction of sp³-hybridized carbons (Fsp3) is 0.500. The second-order valence-electron chi connectivity index (χ2n) is 2.59. The number of aromatic nitrogens is 1. The van der Waals surface area contributed by atoms with Gasteiger partial charge >= 0.3 is 0 Å². The average Bonchev–Trinajstić information content (AvgIpc) is 2.17. The van der Waals surface area contributed by atoms with Crippen molar-refractivity contribution >= 4 is 0 Å². The molecule has 0 amide bonds. The smallest absolute Gasteiger partial charge is 0.256 e. The lowest BCUT2D eigenvalue weighted by Gasteiger charge is -2.08. The fourth-order valence-electron chi connectivity index (χ4n) is 0.943. The van der Waals surface area contributed by atoms with Crippen molar-refractivity contribution in [1.82, 2.24) is 4.98 Å². The van der Waals surface area contributed by atoms with Crippen LogP contribution in [0, 0.1) is 0 Å². The normalized spacial score (nSPS) is 9.69. The molecule has 0 N–H and O–H groups in total. The lowest BCUT2D eigenvalue weighted by atomic mass is 10.4. The van der Waals surface area contributed by atoms with Crippen molar-refractivity contribution in [1.29, 1.82) is 0 Å². The highest BCUT2D eigenvalue weighted by atomic mass is 16.5. The monoisotopic (exact) mass is 181 g/mol. The number of hydrogen-bond donors (Lipinski definition) is 0. The van der Waals surface area contributed by atoms with Crippen LogP contribution in [0.4, 0.5) is 0 Å². The van der Waals surface area contributed by atoms with E-state index in [0.29, 0.717) is 19.1 Å². The van der Waals surface area contributed by atoms with Gasteiger partial charge in [0.1, 0.15) is 0 Å². The van der Waals surface area contributed by atoms with Gasteiger partial charge in [-0.1, -0.05) is 6.92 Å². The van der Waals surface area contributed by atoms with Crippen molar-refractivity contribution < 1.29 is 9.47 Å². The molecule has 1 aromatic heterocycles. The summed E-state index contributed by atoms with van der Waals surface area (Å²) in [6, 6.07) is 3.71. The largest absolute Gasteiger partial charge is 0.488 e. The van der Waals surface area contributed by atoms with Crippen LogP contribution in [0.25, 0.3) is 0 Å². The molecule has 0 aliphatic carbocycles. The summed E-state index contributed by atoms with van der Waals surface area (Å²) in [7, 11) is 0. The first-order valence-corrected chi connectivity index (χ1v) is 4.59. The first-order valence-electron chi connectivity index (χ1n) is 4.59. The summed E-state index contributed by atoms with van der Waals surface area (Å²) in [4.78, 5) is 4.07. The molecule has 0 atom stereocenters. The first kappa shape index (κ1) is 9.84. The molecule has 0 aliphatic heterocycles. The van der Waals surface area contributed by atoms with Gasteiger partial charge < -0.3 is 9.47 Å². The highest BCUT2D eigenvalue weighted by Gasteiger charge is 2.03. The minimum absolute atomic E-state index is 0.582. The van der Waals surface area contributed by atoms with Crippen molar-refractivity contribution in [2.24, 2.45) is 0 Å². The molecule has 72 valence electrons. The summed E-state index contributed by atoms with van der Waals surface area (Å²) in [5, 5.41) is 0. The van der Waals surface area contributed by atoms with Crippen molar-refractivity contribution in [3.8, 4) is 11.6 Å². The summed E-state index contributed by atoms with van der Waals surface area (Å²) in [6.45, 7) is 5.31. The number of nitrogens with zero attached hydrogens (tertiary/aromatic N) is 1. The first-order chi connectivity index (χ1) is 6.38. The van der Waals surface area contributed by atoms with Crippen LogP contribution >= 0.6 is 0 Å². The van der Waals surface area contributed by atoms with Gasteiger partial charge in [-0.25, -0.2) is 4.98 Å². The number of rotatable bonds is 5. The minimum Gasteiger partial charge on any atom is -0.488 e. The van der Waals surface area contributed by atoms with E-state index in [4.69, 9.17) is 9.47 Å². The molecule has 13 heavy (non-hydrogen) atoms. The van der Waals surface area contributed by atoms with Crippen LogP contribution in [0.1, 0.15) is 20.3 Å². The van der Waals surface area contributed by atoms with E-state index in [2.05, 4.69) is 11.9 Å². The van der Waals surface area contributed by atoms with Crippen LogP contribution in [0.5, 0.6) is 11.6 Å². The van der Waals surface area contributed by atoms with Crippen molar-refractivity contribution in [3.63, 3.8) is 0 Å². The van der Waals surface area contributed by atoms with E-state index in [-0.39, 0.29) is 0 Å². The van der Waals surface area contributed by atoms with E-state index in [1.54, 1.807) is 6.20 Å². The zero-order valence-electron chi connectivity index (χ0n) is 8.12. The molecule has 0 saturated carbocycles. The molecule has 0 aromatic carbocycles. The number of hydrogen-bond acceptors (Lipinski definition) is 3. The third-order valence-electron chi connectivity index (χ3n) is 1.48. The summed E-state index contributed by atoms with van der Waals surface area (Å²) >= 11 is 0. The Morgan fingerprint density at radius 2 is 2.15 bits per heavy atom. The molecular weight excluding hydrogens is 166 g/mol. The Labute approximate surface area is 78.7 Å². The fourth-order valence-corrected chi connectivity index (χ4v) is 0.943. The molecule has 0 fully saturated rings. The summed E-state index contributed by atoms with van der Waals surface area (Å²) in [5.74, 6) is 1.31. The summed E-state index contributed by atoms with van der Waals surface area (Å²) in [5.41, 5.74) is 0. The third-order valence-corrected chi connectivity index (χ3v) is 1.48. The third kappa shape index (κ3) is 2.93. The molecule has 0 spiro atoms. The van der Waals surface area contributed by atoms with Crippen LogP contribution in [0.15, 0.2) is 18.3 Å². The molecule has 3 nitrogen and oxygen atoms in total. The van der Waals surface area contributed by atoms with Gasteiger partial charge in [-0.3, -0.25) is 0 Å². The van der Waals surface area contributed by atoms with Crippen LogP contribution in [0.2, 0.25) is 0 Å². The molecule has 0 radical (unpaired) electrons. The van der Waals surface area contributed by atoms with Crippen LogP contribution < -0.4 is 9.47 Å². The molecule has 1 rings (SSSR count). The molecule has 1 heterocycles. The van der Waals surface area contributed by atoms with E-state index in [0.717, 1.165) is 12.2 Å². The Bertz CT molecular complexity index is 250. The van der Waals surface area contributed by atoms with Gasteiger partial charge in [-0.05, 0) is 25.5 Å². The lowest BCUT2D eigenvalue weighted by Crippen LogP contribution is -2.00. The maximum absolute atomic E-state index is 5.45. The maximum atomic E-state index is 5.45. The van der Waals surface area contributed by atoms with Gasteiger partial charge in [-0.2, -0.15) is 0 Å². The Morgan fingerprint density at radius 3 is 2.85 bits per heavy atom. The predicted octanol–water partition coefficient (Wildman–Crippen LogP) is 2.27. The number of pyridine rings is 1. The van der Waals surface area contributed by atoms with Crippen molar-refractivity contribution in [2.75, 3.05) is 13.2 Å². The predicted molar refractivity (Wildman–Crippen MR) is 51.2 cm³/mol. The lowest BCUT2D eigenvalue weighted by molar-refractivity contribution is 0.268. The van der Waals surface area contributed by atoms with Crippen molar-refractivity contribution in [3.05, 3.63) is 18.3 Å². The summed E-state index contributed by atoms with van der Waals surface area (Å²) < 4.78 is 10.7. The van der Waals surface area contributed by atoms with E-state index < -0.39 is 0 Å². The molecule has 0 bridgehead atoms.